The fourth-order valence-electron chi connectivity index (χ4n) is 2.72. The van der Waals surface area contributed by atoms with Gasteiger partial charge >= 0.3 is 0 Å². The van der Waals surface area contributed by atoms with E-state index in [1.54, 1.807) is 31.4 Å². The second kappa shape index (κ2) is 8.23. The second-order valence-corrected chi connectivity index (χ2v) is 6.34. The molecule has 0 aliphatic heterocycles. The Morgan fingerprint density at radius 2 is 2.04 bits per heavy atom. The first-order chi connectivity index (χ1) is 11.5. The summed E-state index contributed by atoms with van der Waals surface area (Å²) in [4.78, 5) is 4.39. The number of halogens is 3. The number of benzene rings is 2. The van der Waals surface area contributed by atoms with Crippen LogP contribution in [-0.4, -0.2) is 19.6 Å². The highest BCUT2D eigenvalue weighted by Gasteiger charge is 2.45. The summed E-state index contributed by atoms with van der Waals surface area (Å²) in [7, 11) is 1.56. The molecule has 1 aliphatic carbocycles. The number of anilines is 1. The van der Waals surface area contributed by atoms with E-state index in [1.807, 2.05) is 12.1 Å². The lowest BCUT2D eigenvalue weighted by Crippen LogP contribution is -2.25. The van der Waals surface area contributed by atoms with E-state index < -0.39 is 0 Å². The molecule has 25 heavy (non-hydrogen) atoms. The van der Waals surface area contributed by atoms with Gasteiger partial charge in [0.2, 0.25) is 0 Å². The summed E-state index contributed by atoms with van der Waals surface area (Å²) >= 11 is 6.08. The number of ether oxygens (including phenoxy) is 1. The average molecular weight is 476 g/mol. The van der Waals surface area contributed by atoms with Gasteiger partial charge in [0.15, 0.2) is 5.96 Å². The van der Waals surface area contributed by atoms with Crippen LogP contribution in [0.3, 0.4) is 0 Å². The van der Waals surface area contributed by atoms with Gasteiger partial charge in [-0.15, -0.1) is 24.0 Å². The van der Waals surface area contributed by atoms with Gasteiger partial charge < -0.3 is 15.8 Å². The SMILES string of the molecule is COc1ccc(NC(N)=NCC2(c3ccccc3F)CC2)cc1Cl.I. The van der Waals surface area contributed by atoms with Crippen LogP contribution in [0.15, 0.2) is 47.5 Å². The molecule has 0 aromatic heterocycles. The first-order valence-electron chi connectivity index (χ1n) is 7.69. The van der Waals surface area contributed by atoms with Gasteiger partial charge in [-0.1, -0.05) is 29.8 Å². The van der Waals surface area contributed by atoms with Crippen LogP contribution in [0.1, 0.15) is 18.4 Å². The predicted molar refractivity (Wildman–Crippen MR) is 111 cm³/mol. The first kappa shape index (κ1) is 19.8. The Morgan fingerprint density at radius 3 is 2.64 bits per heavy atom. The highest BCUT2D eigenvalue weighted by atomic mass is 127. The maximum absolute atomic E-state index is 14.0. The van der Waals surface area contributed by atoms with Crippen LogP contribution in [0.2, 0.25) is 5.02 Å². The molecule has 1 aliphatic rings. The van der Waals surface area contributed by atoms with Crippen LogP contribution >= 0.6 is 35.6 Å². The van der Waals surface area contributed by atoms with E-state index in [4.69, 9.17) is 22.1 Å². The molecule has 1 fully saturated rings. The third-order valence-electron chi connectivity index (χ3n) is 4.28. The molecule has 2 aromatic rings. The van der Waals surface area contributed by atoms with Crippen molar-refractivity contribution in [2.75, 3.05) is 19.0 Å². The minimum absolute atomic E-state index is 0. The van der Waals surface area contributed by atoms with Crippen molar-refractivity contribution in [2.45, 2.75) is 18.3 Å². The van der Waals surface area contributed by atoms with Crippen LogP contribution in [0.25, 0.3) is 0 Å². The molecule has 2 aromatic carbocycles. The Morgan fingerprint density at radius 1 is 1.32 bits per heavy atom. The third-order valence-corrected chi connectivity index (χ3v) is 4.57. The van der Waals surface area contributed by atoms with E-state index in [-0.39, 0.29) is 41.2 Å². The van der Waals surface area contributed by atoms with E-state index >= 15 is 0 Å². The highest BCUT2D eigenvalue weighted by molar-refractivity contribution is 14.0. The van der Waals surface area contributed by atoms with Crippen molar-refractivity contribution in [3.63, 3.8) is 0 Å². The van der Waals surface area contributed by atoms with Gasteiger partial charge in [0.05, 0.1) is 18.7 Å². The molecule has 0 radical (unpaired) electrons. The highest BCUT2D eigenvalue weighted by Crippen LogP contribution is 2.49. The Bertz CT molecular complexity index is 781. The maximum Gasteiger partial charge on any atom is 0.193 e. The van der Waals surface area contributed by atoms with Crippen LogP contribution in [0.5, 0.6) is 5.75 Å². The molecule has 0 amide bonds. The van der Waals surface area contributed by atoms with E-state index in [1.165, 1.54) is 6.07 Å². The smallest absolute Gasteiger partial charge is 0.193 e. The molecule has 0 atom stereocenters. The number of guanidine groups is 1. The largest absolute Gasteiger partial charge is 0.495 e. The zero-order valence-electron chi connectivity index (χ0n) is 13.8. The molecule has 0 bridgehead atoms. The van der Waals surface area contributed by atoms with Gasteiger partial charge in [-0.25, -0.2) is 4.39 Å². The lowest BCUT2D eigenvalue weighted by molar-refractivity contribution is 0.415. The zero-order valence-corrected chi connectivity index (χ0v) is 16.8. The maximum atomic E-state index is 14.0. The zero-order chi connectivity index (χ0) is 17.2. The fraction of sp³-hybridized carbons (Fsp3) is 0.278. The Labute approximate surface area is 168 Å². The van der Waals surface area contributed by atoms with Crippen LogP contribution in [-0.2, 0) is 5.41 Å². The van der Waals surface area contributed by atoms with Crippen molar-refractivity contribution >= 4 is 47.2 Å². The number of nitrogens with zero attached hydrogens (tertiary/aromatic N) is 1. The van der Waals surface area contributed by atoms with E-state index in [0.717, 1.165) is 18.5 Å². The summed E-state index contributed by atoms with van der Waals surface area (Å²) in [5, 5.41) is 3.48. The minimum atomic E-state index is -0.227. The van der Waals surface area contributed by atoms with Crippen LogP contribution in [0.4, 0.5) is 10.1 Å². The molecule has 0 heterocycles. The van der Waals surface area contributed by atoms with Gasteiger partial charge in [-0.2, -0.15) is 0 Å². The summed E-state index contributed by atoms with van der Waals surface area (Å²) in [6.45, 7) is 0.455. The molecule has 134 valence electrons. The van der Waals surface area contributed by atoms with Gasteiger partial charge in [0.25, 0.3) is 0 Å². The predicted octanol–water partition coefficient (Wildman–Crippen LogP) is 4.56. The molecule has 1 saturated carbocycles. The van der Waals surface area contributed by atoms with Crippen molar-refractivity contribution in [3.05, 3.63) is 58.9 Å². The Balaban J connectivity index is 0.00000225. The standard InChI is InChI=1S/C18H19ClFN3O.HI/c1-24-16-7-6-12(10-14(16)19)23-17(21)22-11-18(8-9-18)13-4-2-3-5-15(13)20;/h2-7,10H,8-9,11H2,1H3,(H3,21,22,23);1H. The van der Waals surface area contributed by atoms with E-state index in [9.17, 15) is 4.39 Å². The fourth-order valence-corrected chi connectivity index (χ4v) is 2.98. The van der Waals surface area contributed by atoms with Gasteiger partial charge in [-0.3, -0.25) is 4.99 Å². The first-order valence-corrected chi connectivity index (χ1v) is 8.07. The molecular formula is C18H20ClFIN3O. The molecule has 0 saturated heterocycles. The minimum Gasteiger partial charge on any atom is -0.495 e. The molecule has 3 N–H and O–H groups in total. The monoisotopic (exact) mass is 475 g/mol. The van der Waals surface area contributed by atoms with Crippen LogP contribution in [0, 0.1) is 5.82 Å². The number of rotatable bonds is 5. The lowest BCUT2D eigenvalue weighted by atomic mass is 9.95. The topological polar surface area (TPSA) is 59.6 Å². The molecule has 0 unspecified atom stereocenters. The van der Waals surface area contributed by atoms with Gasteiger partial charge in [0, 0.05) is 11.1 Å². The quantitative estimate of drug-likeness (QED) is 0.378. The summed E-state index contributed by atoms with van der Waals surface area (Å²) in [6.07, 6.45) is 1.83. The van der Waals surface area contributed by atoms with Crippen molar-refractivity contribution in [1.82, 2.24) is 0 Å². The average Bonchev–Trinajstić information content (AvgIpc) is 3.35. The number of nitrogens with one attached hydrogen (secondary N) is 1. The number of methoxy groups -OCH3 is 1. The number of hydrogen-bond donors (Lipinski definition) is 2. The van der Waals surface area contributed by atoms with Gasteiger partial charge in [-0.05, 0) is 42.7 Å². The number of nitrogens with two attached hydrogens (primary N) is 1. The molecule has 4 nitrogen and oxygen atoms in total. The summed E-state index contributed by atoms with van der Waals surface area (Å²) in [6, 6.07) is 12.1. The molecule has 7 heteroatoms. The second-order valence-electron chi connectivity index (χ2n) is 5.94. The number of aliphatic imine (C=N–C) groups is 1. The van der Waals surface area contributed by atoms with Crippen molar-refractivity contribution in [1.29, 1.82) is 0 Å². The number of hydrogen-bond acceptors (Lipinski definition) is 2. The molecule has 0 spiro atoms. The van der Waals surface area contributed by atoms with Crippen molar-refractivity contribution < 1.29 is 9.13 Å². The van der Waals surface area contributed by atoms with Gasteiger partial charge in [0.1, 0.15) is 11.6 Å². The third kappa shape index (κ3) is 4.55. The lowest BCUT2D eigenvalue weighted by Gasteiger charge is -2.15. The van der Waals surface area contributed by atoms with E-state index in [2.05, 4.69) is 10.3 Å². The van der Waals surface area contributed by atoms with Crippen molar-refractivity contribution in [3.8, 4) is 5.75 Å². The summed E-state index contributed by atoms with van der Waals surface area (Å²) < 4.78 is 19.1. The summed E-state index contributed by atoms with van der Waals surface area (Å²) in [5.74, 6) is 0.687. The Kier molecular flexibility index (Phi) is 6.51. The van der Waals surface area contributed by atoms with E-state index in [0.29, 0.717) is 22.9 Å². The molecule has 3 rings (SSSR count). The summed E-state index contributed by atoms with van der Waals surface area (Å²) in [5.41, 5.74) is 7.16. The van der Waals surface area contributed by atoms with Crippen LogP contribution < -0.4 is 15.8 Å². The van der Waals surface area contributed by atoms with Crippen molar-refractivity contribution in [2.24, 2.45) is 10.7 Å². The normalized spacial score (nSPS) is 15.2. The molecular weight excluding hydrogens is 456 g/mol. The Hall–Kier alpha value is -1.54.